The van der Waals surface area contributed by atoms with Crippen molar-refractivity contribution in [3.8, 4) is 17.2 Å². The van der Waals surface area contributed by atoms with Gasteiger partial charge in [0.2, 0.25) is 4.96 Å². The van der Waals surface area contributed by atoms with E-state index in [9.17, 15) is 0 Å². The topological polar surface area (TPSA) is 70.8 Å². The molecule has 0 N–H and O–H groups in total. The van der Waals surface area contributed by atoms with Crippen LogP contribution in [0.1, 0.15) is 22.0 Å². The summed E-state index contributed by atoms with van der Waals surface area (Å²) in [6, 6.07) is 13.7. The minimum Gasteiger partial charge on any atom is -0.496 e. The molecule has 0 unspecified atom stereocenters. The Hall–Kier alpha value is -3.39. The first-order valence-electron chi connectivity index (χ1n) is 8.95. The molecule has 0 aliphatic carbocycles. The minimum atomic E-state index is 0.584. The zero-order valence-corrected chi connectivity index (χ0v) is 17.1. The van der Waals surface area contributed by atoms with Crippen LogP contribution in [-0.2, 0) is 6.42 Å². The molecule has 0 saturated heterocycles. The van der Waals surface area contributed by atoms with Crippen LogP contribution in [0.3, 0.4) is 0 Å². The number of aromatic nitrogens is 4. The molecule has 0 bridgehead atoms. The molecule has 4 aromatic rings. The molecule has 2 heterocycles. The number of fused-ring (bicyclic) bond motifs is 1. The summed E-state index contributed by atoms with van der Waals surface area (Å²) in [6.45, 7) is 0. The van der Waals surface area contributed by atoms with E-state index in [1.807, 2.05) is 54.6 Å². The highest BCUT2D eigenvalue weighted by Crippen LogP contribution is 2.28. The summed E-state index contributed by atoms with van der Waals surface area (Å²) in [5.74, 6) is 2.96. The van der Waals surface area contributed by atoms with E-state index in [1.165, 1.54) is 11.3 Å². The van der Waals surface area contributed by atoms with E-state index in [0.717, 1.165) is 32.7 Å². The van der Waals surface area contributed by atoms with Crippen molar-refractivity contribution in [1.82, 2.24) is 19.8 Å². The Morgan fingerprint density at radius 3 is 2.48 bits per heavy atom. The molecule has 29 heavy (non-hydrogen) atoms. The van der Waals surface area contributed by atoms with E-state index in [4.69, 9.17) is 14.2 Å². The molecule has 8 heteroatoms. The Balaban J connectivity index is 1.59. The molecule has 148 valence electrons. The Kier molecular flexibility index (Phi) is 5.44. The SMILES string of the molecule is COc1ccccc1/C=C/c1nn2c(Cc3ccc(OC)c(OC)c3)nnc2s1. The molecule has 2 aromatic carbocycles. The number of nitrogens with zero attached hydrogens (tertiary/aromatic N) is 4. The van der Waals surface area contributed by atoms with Crippen LogP contribution in [0.15, 0.2) is 42.5 Å². The number of methoxy groups -OCH3 is 3. The van der Waals surface area contributed by atoms with E-state index in [1.54, 1.807) is 25.8 Å². The van der Waals surface area contributed by atoms with Crippen molar-refractivity contribution in [2.24, 2.45) is 0 Å². The largest absolute Gasteiger partial charge is 0.496 e. The van der Waals surface area contributed by atoms with Gasteiger partial charge in [-0.2, -0.15) is 9.61 Å². The number of ether oxygens (including phenoxy) is 3. The van der Waals surface area contributed by atoms with Crippen LogP contribution >= 0.6 is 11.3 Å². The number of hydrogen-bond acceptors (Lipinski definition) is 7. The summed E-state index contributed by atoms with van der Waals surface area (Å²) < 4.78 is 17.8. The van der Waals surface area contributed by atoms with Crippen LogP contribution in [0.25, 0.3) is 17.1 Å². The third-order valence-corrected chi connectivity index (χ3v) is 5.29. The third kappa shape index (κ3) is 3.93. The van der Waals surface area contributed by atoms with Gasteiger partial charge in [-0.05, 0) is 35.9 Å². The lowest BCUT2D eigenvalue weighted by molar-refractivity contribution is 0.354. The Bertz CT molecular complexity index is 1170. The van der Waals surface area contributed by atoms with Gasteiger partial charge in [0.1, 0.15) is 10.8 Å². The normalized spacial score (nSPS) is 11.3. The molecule has 7 nitrogen and oxygen atoms in total. The average Bonchev–Trinajstić information content (AvgIpc) is 3.33. The van der Waals surface area contributed by atoms with Crippen molar-refractivity contribution in [3.63, 3.8) is 0 Å². The molecular formula is C21H20N4O3S. The highest BCUT2D eigenvalue weighted by molar-refractivity contribution is 7.17. The standard InChI is InChI=1S/C21H20N4O3S/c1-26-16-7-5-4-6-15(16)9-11-20-24-25-19(22-23-21(25)29-20)13-14-8-10-17(27-2)18(12-14)28-3/h4-12H,13H2,1-3H3/b11-9+. The van der Waals surface area contributed by atoms with Crippen LogP contribution < -0.4 is 14.2 Å². The van der Waals surface area contributed by atoms with E-state index in [2.05, 4.69) is 15.3 Å². The summed E-state index contributed by atoms with van der Waals surface area (Å²) in [5.41, 5.74) is 2.03. The molecule has 0 radical (unpaired) electrons. The van der Waals surface area contributed by atoms with Crippen molar-refractivity contribution in [2.45, 2.75) is 6.42 Å². The van der Waals surface area contributed by atoms with Gasteiger partial charge in [0.25, 0.3) is 0 Å². The van der Waals surface area contributed by atoms with Crippen LogP contribution in [0.5, 0.6) is 17.2 Å². The Morgan fingerprint density at radius 2 is 1.69 bits per heavy atom. The molecule has 0 fully saturated rings. The molecule has 0 saturated carbocycles. The molecule has 2 aromatic heterocycles. The molecule has 0 atom stereocenters. The maximum absolute atomic E-state index is 5.38. The van der Waals surface area contributed by atoms with Gasteiger partial charge in [-0.15, -0.1) is 10.2 Å². The fraction of sp³-hybridized carbons (Fsp3) is 0.190. The number of hydrogen-bond donors (Lipinski definition) is 0. The first-order chi connectivity index (χ1) is 14.2. The van der Waals surface area contributed by atoms with Crippen LogP contribution in [0.4, 0.5) is 0 Å². The molecule has 0 aliphatic heterocycles. The van der Waals surface area contributed by atoms with E-state index in [0.29, 0.717) is 17.9 Å². The first-order valence-corrected chi connectivity index (χ1v) is 9.76. The van der Waals surface area contributed by atoms with Crippen LogP contribution in [0, 0.1) is 0 Å². The third-order valence-electron chi connectivity index (χ3n) is 4.43. The highest BCUT2D eigenvalue weighted by atomic mass is 32.1. The van der Waals surface area contributed by atoms with Crippen LogP contribution in [-0.4, -0.2) is 41.1 Å². The highest BCUT2D eigenvalue weighted by Gasteiger charge is 2.13. The lowest BCUT2D eigenvalue weighted by Crippen LogP contribution is -1.99. The number of para-hydroxylation sites is 1. The monoisotopic (exact) mass is 408 g/mol. The predicted molar refractivity (Wildman–Crippen MR) is 113 cm³/mol. The summed E-state index contributed by atoms with van der Waals surface area (Å²) in [5, 5.41) is 14.0. The zero-order chi connectivity index (χ0) is 20.2. The molecule has 4 rings (SSSR count). The lowest BCUT2D eigenvalue weighted by Gasteiger charge is -2.08. The second-order valence-corrected chi connectivity index (χ2v) is 7.18. The zero-order valence-electron chi connectivity index (χ0n) is 16.3. The predicted octanol–water partition coefficient (Wildman–Crippen LogP) is 3.97. The van der Waals surface area contributed by atoms with Gasteiger partial charge >= 0.3 is 0 Å². The van der Waals surface area contributed by atoms with E-state index >= 15 is 0 Å². The van der Waals surface area contributed by atoms with Crippen molar-refractivity contribution >= 4 is 28.4 Å². The van der Waals surface area contributed by atoms with Gasteiger partial charge in [0.15, 0.2) is 17.3 Å². The van der Waals surface area contributed by atoms with Gasteiger partial charge in [-0.1, -0.05) is 35.6 Å². The summed E-state index contributed by atoms with van der Waals surface area (Å²) in [6.07, 6.45) is 4.52. The van der Waals surface area contributed by atoms with Gasteiger partial charge in [-0.3, -0.25) is 0 Å². The van der Waals surface area contributed by atoms with Crippen LogP contribution in [0.2, 0.25) is 0 Å². The second kappa shape index (κ2) is 8.32. The van der Waals surface area contributed by atoms with Crippen molar-refractivity contribution in [3.05, 3.63) is 64.4 Å². The summed E-state index contributed by atoms with van der Waals surface area (Å²) in [4.78, 5) is 0.750. The fourth-order valence-electron chi connectivity index (χ4n) is 2.99. The van der Waals surface area contributed by atoms with Gasteiger partial charge in [0.05, 0.1) is 21.3 Å². The van der Waals surface area contributed by atoms with Crippen molar-refractivity contribution in [1.29, 1.82) is 0 Å². The van der Waals surface area contributed by atoms with E-state index < -0.39 is 0 Å². The second-order valence-electron chi connectivity index (χ2n) is 6.19. The fourth-order valence-corrected chi connectivity index (χ4v) is 3.75. The average molecular weight is 408 g/mol. The maximum atomic E-state index is 5.38. The van der Waals surface area contributed by atoms with Gasteiger partial charge < -0.3 is 14.2 Å². The molecule has 0 amide bonds. The minimum absolute atomic E-state index is 0.584. The van der Waals surface area contributed by atoms with Crippen molar-refractivity contribution in [2.75, 3.05) is 21.3 Å². The quantitative estimate of drug-likeness (QED) is 0.461. The van der Waals surface area contributed by atoms with Crippen molar-refractivity contribution < 1.29 is 14.2 Å². The van der Waals surface area contributed by atoms with Gasteiger partial charge in [0, 0.05) is 12.0 Å². The first kappa shape index (κ1) is 18.9. The molecular weight excluding hydrogens is 388 g/mol. The smallest absolute Gasteiger partial charge is 0.234 e. The van der Waals surface area contributed by atoms with Gasteiger partial charge in [-0.25, -0.2) is 0 Å². The lowest BCUT2D eigenvalue weighted by atomic mass is 10.1. The number of rotatable bonds is 7. The Morgan fingerprint density at radius 1 is 0.897 bits per heavy atom. The van der Waals surface area contributed by atoms with E-state index in [-0.39, 0.29) is 0 Å². The summed E-state index contributed by atoms with van der Waals surface area (Å²) >= 11 is 1.48. The summed E-state index contributed by atoms with van der Waals surface area (Å²) in [7, 11) is 4.91. The molecule has 0 aliphatic rings. The Labute approximate surface area is 172 Å². The number of benzene rings is 2. The maximum Gasteiger partial charge on any atom is 0.234 e. The molecule has 0 spiro atoms.